The second-order valence-electron chi connectivity index (χ2n) is 8.80. The topological polar surface area (TPSA) is 61.4 Å². The molecule has 0 radical (unpaired) electrons. The second-order valence-corrected chi connectivity index (χ2v) is 9.65. The number of nitrogens with zero attached hydrogens (tertiary/aromatic N) is 1. The minimum absolute atomic E-state index is 0.145. The summed E-state index contributed by atoms with van der Waals surface area (Å²) in [7, 11) is 0. The Bertz CT molecular complexity index is 704. The molecule has 0 saturated carbocycles. The lowest BCUT2D eigenvalue weighted by molar-refractivity contribution is -0.123. The highest BCUT2D eigenvalue weighted by Gasteiger charge is 2.23. The standard InChI is InChI=1S/C23H35Cl2N3O2/c1-16(2)14-21(27-22(29)19-7-6-18(24)15-20(19)25)23(30)26-10-4-5-11-28-12-8-17(3)9-13-28/h6-7,15-17,21H,4-5,8-14H2,1-3H3,(H,26,30)(H,27,29). The maximum Gasteiger partial charge on any atom is 0.253 e. The lowest BCUT2D eigenvalue weighted by Crippen LogP contribution is -2.47. The number of carbonyl (C=O) groups is 2. The van der Waals surface area contributed by atoms with Gasteiger partial charge in [0.15, 0.2) is 0 Å². The second kappa shape index (κ2) is 12.5. The summed E-state index contributed by atoms with van der Waals surface area (Å²) >= 11 is 12.0. The Labute approximate surface area is 190 Å². The van der Waals surface area contributed by atoms with Gasteiger partial charge in [0.1, 0.15) is 6.04 Å². The molecular formula is C23H35Cl2N3O2. The maximum atomic E-state index is 12.7. The molecule has 168 valence electrons. The third kappa shape index (κ3) is 8.44. The molecule has 2 N–H and O–H groups in total. The van der Waals surface area contributed by atoms with Crippen LogP contribution in [-0.4, -0.2) is 48.9 Å². The van der Waals surface area contributed by atoms with Crippen molar-refractivity contribution in [3.8, 4) is 0 Å². The predicted octanol–water partition coefficient (Wildman–Crippen LogP) is 4.77. The molecule has 0 aliphatic carbocycles. The van der Waals surface area contributed by atoms with Gasteiger partial charge in [-0.25, -0.2) is 0 Å². The van der Waals surface area contributed by atoms with Crippen LogP contribution in [0.5, 0.6) is 0 Å². The fraction of sp³-hybridized carbons (Fsp3) is 0.652. The SMILES string of the molecule is CC(C)CC(NC(=O)c1ccc(Cl)cc1Cl)C(=O)NCCCCN1CCC(C)CC1. The number of carbonyl (C=O) groups excluding carboxylic acids is 2. The zero-order valence-corrected chi connectivity index (χ0v) is 19.9. The number of halogens is 2. The summed E-state index contributed by atoms with van der Waals surface area (Å²) in [5.41, 5.74) is 0.318. The highest BCUT2D eigenvalue weighted by Crippen LogP contribution is 2.21. The quantitative estimate of drug-likeness (QED) is 0.499. The smallest absolute Gasteiger partial charge is 0.253 e. The average molecular weight is 456 g/mol. The third-order valence-electron chi connectivity index (χ3n) is 5.58. The first-order chi connectivity index (χ1) is 14.3. The fourth-order valence-electron chi connectivity index (χ4n) is 3.69. The molecule has 1 unspecified atom stereocenters. The van der Waals surface area contributed by atoms with Gasteiger partial charge in [-0.3, -0.25) is 9.59 Å². The van der Waals surface area contributed by atoms with Gasteiger partial charge in [-0.05, 0) is 81.8 Å². The average Bonchev–Trinajstić information content (AvgIpc) is 2.68. The van der Waals surface area contributed by atoms with Crippen LogP contribution >= 0.6 is 23.2 Å². The van der Waals surface area contributed by atoms with E-state index in [4.69, 9.17) is 23.2 Å². The van der Waals surface area contributed by atoms with Gasteiger partial charge < -0.3 is 15.5 Å². The lowest BCUT2D eigenvalue weighted by Gasteiger charge is -2.30. The minimum Gasteiger partial charge on any atom is -0.354 e. The highest BCUT2D eigenvalue weighted by molar-refractivity contribution is 6.36. The van der Waals surface area contributed by atoms with Crippen LogP contribution in [0.25, 0.3) is 0 Å². The molecule has 5 nitrogen and oxygen atoms in total. The zero-order valence-electron chi connectivity index (χ0n) is 18.3. The van der Waals surface area contributed by atoms with E-state index >= 15 is 0 Å². The maximum absolute atomic E-state index is 12.7. The zero-order chi connectivity index (χ0) is 22.1. The van der Waals surface area contributed by atoms with Crippen LogP contribution in [0.4, 0.5) is 0 Å². The van der Waals surface area contributed by atoms with E-state index in [0.29, 0.717) is 23.6 Å². The van der Waals surface area contributed by atoms with Crippen molar-refractivity contribution in [1.82, 2.24) is 15.5 Å². The van der Waals surface area contributed by atoms with Gasteiger partial charge >= 0.3 is 0 Å². The lowest BCUT2D eigenvalue weighted by atomic mass is 9.99. The van der Waals surface area contributed by atoms with Crippen molar-refractivity contribution in [2.45, 2.75) is 58.9 Å². The Kier molecular flexibility index (Phi) is 10.4. The molecule has 0 aromatic heterocycles. The molecule has 2 amide bonds. The summed E-state index contributed by atoms with van der Waals surface area (Å²) < 4.78 is 0. The predicted molar refractivity (Wildman–Crippen MR) is 124 cm³/mol. The molecule has 2 rings (SSSR count). The molecule has 0 spiro atoms. The summed E-state index contributed by atoms with van der Waals surface area (Å²) in [6.45, 7) is 10.5. The number of nitrogens with one attached hydrogen (secondary N) is 2. The van der Waals surface area contributed by atoms with E-state index < -0.39 is 6.04 Å². The van der Waals surface area contributed by atoms with Crippen LogP contribution < -0.4 is 10.6 Å². The molecule has 30 heavy (non-hydrogen) atoms. The van der Waals surface area contributed by atoms with E-state index in [1.165, 1.54) is 32.0 Å². The van der Waals surface area contributed by atoms with Crippen molar-refractivity contribution < 1.29 is 9.59 Å². The molecule has 1 aromatic carbocycles. The van der Waals surface area contributed by atoms with Crippen molar-refractivity contribution in [2.24, 2.45) is 11.8 Å². The summed E-state index contributed by atoms with van der Waals surface area (Å²) in [6.07, 6.45) is 5.13. The Morgan fingerprint density at radius 3 is 2.50 bits per heavy atom. The number of rotatable bonds is 10. The molecule has 1 atom stereocenters. The molecule has 1 aliphatic heterocycles. The number of unbranched alkanes of at least 4 members (excludes halogenated alkanes) is 1. The number of piperidine rings is 1. The van der Waals surface area contributed by atoms with Crippen LogP contribution in [0.1, 0.15) is 63.2 Å². The minimum atomic E-state index is -0.590. The fourth-order valence-corrected chi connectivity index (χ4v) is 4.19. The number of hydrogen-bond donors (Lipinski definition) is 2. The summed E-state index contributed by atoms with van der Waals surface area (Å²) in [6, 6.07) is 4.13. The van der Waals surface area contributed by atoms with E-state index in [9.17, 15) is 9.59 Å². The number of benzene rings is 1. The van der Waals surface area contributed by atoms with Crippen molar-refractivity contribution in [1.29, 1.82) is 0 Å². The Balaban J connectivity index is 1.79. The first-order valence-electron chi connectivity index (χ1n) is 11.0. The molecule has 1 aromatic rings. The number of amides is 2. The first-order valence-corrected chi connectivity index (χ1v) is 11.8. The van der Waals surface area contributed by atoms with E-state index in [1.54, 1.807) is 12.1 Å². The number of likely N-dealkylation sites (tertiary alicyclic amines) is 1. The van der Waals surface area contributed by atoms with Crippen LogP contribution in [0.15, 0.2) is 18.2 Å². The number of hydrogen-bond acceptors (Lipinski definition) is 3. The van der Waals surface area contributed by atoms with E-state index in [2.05, 4.69) is 22.5 Å². The molecule has 7 heteroatoms. The monoisotopic (exact) mass is 455 g/mol. The van der Waals surface area contributed by atoms with Crippen molar-refractivity contribution in [3.63, 3.8) is 0 Å². The molecule has 1 fully saturated rings. The molecule has 1 saturated heterocycles. The van der Waals surface area contributed by atoms with Gasteiger partial charge in [-0.1, -0.05) is 44.0 Å². The third-order valence-corrected chi connectivity index (χ3v) is 6.13. The van der Waals surface area contributed by atoms with Crippen molar-refractivity contribution in [2.75, 3.05) is 26.2 Å². The Hall–Kier alpha value is -1.30. The summed E-state index contributed by atoms with van der Waals surface area (Å²) in [5.74, 6) is 0.602. The van der Waals surface area contributed by atoms with Gasteiger partial charge in [0, 0.05) is 11.6 Å². The van der Waals surface area contributed by atoms with E-state index in [0.717, 1.165) is 25.3 Å². The van der Waals surface area contributed by atoms with Crippen molar-refractivity contribution >= 4 is 35.0 Å². The van der Waals surface area contributed by atoms with Crippen LogP contribution in [-0.2, 0) is 4.79 Å². The van der Waals surface area contributed by atoms with E-state index in [-0.39, 0.29) is 22.8 Å². The normalized spacial score (nSPS) is 16.5. The molecule has 1 heterocycles. The van der Waals surface area contributed by atoms with Gasteiger partial charge in [0.25, 0.3) is 5.91 Å². The van der Waals surface area contributed by atoms with Gasteiger partial charge in [-0.2, -0.15) is 0 Å². The molecule has 1 aliphatic rings. The molecule has 0 bridgehead atoms. The van der Waals surface area contributed by atoms with Gasteiger partial charge in [-0.15, -0.1) is 0 Å². The van der Waals surface area contributed by atoms with Crippen LogP contribution in [0.2, 0.25) is 10.0 Å². The van der Waals surface area contributed by atoms with Crippen molar-refractivity contribution in [3.05, 3.63) is 33.8 Å². The van der Waals surface area contributed by atoms with Crippen LogP contribution in [0, 0.1) is 11.8 Å². The highest BCUT2D eigenvalue weighted by atomic mass is 35.5. The summed E-state index contributed by atoms with van der Waals surface area (Å²) in [4.78, 5) is 27.8. The first kappa shape index (κ1) is 25.0. The largest absolute Gasteiger partial charge is 0.354 e. The summed E-state index contributed by atoms with van der Waals surface area (Å²) in [5, 5.41) is 6.56. The Morgan fingerprint density at radius 1 is 1.17 bits per heavy atom. The van der Waals surface area contributed by atoms with Crippen LogP contribution in [0.3, 0.4) is 0 Å². The Morgan fingerprint density at radius 2 is 1.87 bits per heavy atom. The van der Waals surface area contributed by atoms with E-state index in [1.807, 2.05) is 13.8 Å². The molecular weight excluding hydrogens is 421 g/mol. The van der Waals surface area contributed by atoms with Gasteiger partial charge in [0.2, 0.25) is 5.91 Å². The van der Waals surface area contributed by atoms with Gasteiger partial charge in [0.05, 0.1) is 10.6 Å².